The van der Waals surface area contributed by atoms with Gasteiger partial charge in [0.1, 0.15) is 0 Å². The molecule has 0 spiro atoms. The van der Waals surface area contributed by atoms with Crippen LogP contribution >= 0.6 is 0 Å². The van der Waals surface area contributed by atoms with E-state index in [2.05, 4.69) is 10.3 Å². The maximum atomic E-state index is 12.8. The van der Waals surface area contributed by atoms with Crippen LogP contribution in [0.3, 0.4) is 0 Å². The van der Waals surface area contributed by atoms with Gasteiger partial charge in [0.05, 0.1) is 23.7 Å². The van der Waals surface area contributed by atoms with Crippen molar-refractivity contribution >= 4 is 17.7 Å². The summed E-state index contributed by atoms with van der Waals surface area (Å²) in [6, 6.07) is 17.6. The van der Waals surface area contributed by atoms with Crippen LogP contribution in [0.5, 0.6) is 0 Å². The fourth-order valence-electron chi connectivity index (χ4n) is 3.35. The maximum Gasteiger partial charge on any atom is 0.261 e. The number of pyridine rings is 1. The van der Waals surface area contributed by atoms with E-state index in [9.17, 15) is 14.4 Å². The normalized spacial score (nSPS) is 13.9. The summed E-state index contributed by atoms with van der Waals surface area (Å²) in [6.45, 7) is 2.04. The summed E-state index contributed by atoms with van der Waals surface area (Å²) >= 11 is 0. The minimum atomic E-state index is -0.403. The molecule has 0 aliphatic carbocycles. The van der Waals surface area contributed by atoms with E-state index < -0.39 is 5.91 Å². The Balaban J connectivity index is 1.53. The van der Waals surface area contributed by atoms with E-state index in [1.54, 1.807) is 36.7 Å². The summed E-state index contributed by atoms with van der Waals surface area (Å²) in [7, 11) is 0. The van der Waals surface area contributed by atoms with E-state index in [1.807, 2.05) is 37.3 Å². The third-order valence-corrected chi connectivity index (χ3v) is 4.94. The van der Waals surface area contributed by atoms with Gasteiger partial charge < -0.3 is 5.32 Å². The fraction of sp³-hybridized carbons (Fsp3) is 0.130. The fourth-order valence-corrected chi connectivity index (χ4v) is 3.35. The number of aromatic nitrogens is 1. The molecule has 4 rings (SSSR count). The summed E-state index contributed by atoms with van der Waals surface area (Å²) in [4.78, 5) is 43.3. The lowest BCUT2D eigenvalue weighted by atomic mass is 10.0. The van der Waals surface area contributed by atoms with Gasteiger partial charge in [-0.25, -0.2) is 0 Å². The number of imide groups is 1. The Morgan fingerprint density at radius 3 is 2.48 bits per heavy atom. The largest absolute Gasteiger partial charge is 0.346 e. The van der Waals surface area contributed by atoms with Gasteiger partial charge in [0, 0.05) is 18.0 Å². The molecule has 1 aliphatic rings. The van der Waals surface area contributed by atoms with Gasteiger partial charge in [-0.3, -0.25) is 24.3 Å². The quantitative estimate of drug-likeness (QED) is 0.683. The molecule has 0 bridgehead atoms. The first kappa shape index (κ1) is 18.6. The molecule has 29 heavy (non-hydrogen) atoms. The number of hydrogen-bond donors (Lipinski definition) is 1. The van der Waals surface area contributed by atoms with Crippen molar-refractivity contribution in [3.8, 4) is 0 Å². The molecule has 1 aliphatic heterocycles. The molecular formula is C23H19N3O3. The van der Waals surface area contributed by atoms with Crippen LogP contribution in [0.1, 0.15) is 55.2 Å². The molecule has 6 heteroatoms. The highest BCUT2D eigenvalue weighted by Crippen LogP contribution is 2.26. The summed E-state index contributed by atoms with van der Waals surface area (Å²) in [5.41, 5.74) is 2.65. The van der Waals surface area contributed by atoms with Gasteiger partial charge in [-0.1, -0.05) is 36.4 Å². The average Bonchev–Trinajstić information content (AvgIpc) is 2.99. The number of carbonyl (C=O) groups is 3. The van der Waals surface area contributed by atoms with Gasteiger partial charge in [-0.05, 0) is 42.3 Å². The Morgan fingerprint density at radius 1 is 1.00 bits per heavy atom. The number of hydrogen-bond acceptors (Lipinski definition) is 4. The van der Waals surface area contributed by atoms with E-state index in [-0.39, 0.29) is 30.0 Å². The molecule has 2 aromatic carbocycles. The van der Waals surface area contributed by atoms with Gasteiger partial charge in [0.15, 0.2) is 0 Å². The van der Waals surface area contributed by atoms with Gasteiger partial charge >= 0.3 is 0 Å². The number of nitrogens with zero attached hydrogens (tertiary/aromatic N) is 2. The van der Waals surface area contributed by atoms with Crippen molar-refractivity contribution in [2.24, 2.45) is 0 Å². The molecule has 144 valence electrons. The van der Waals surface area contributed by atoms with Crippen LogP contribution in [0, 0.1) is 0 Å². The number of benzene rings is 2. The summed E-state index contributed by atoms with van der Waals surface area (Å²) < 4.78 is 0. The molecule has 1 aromatic heterocycles. The van der Waals surface area contributed by atoms with Crippen molar-refractivity contribution in [3.05, 3.63) is 101 Å². The highest BCUT2D eigenvalue weighted by Gasteiger charge is 2.36. The van der Waals surface area contributed by atoms with Crippen LogP contribution in [0.25, 0.3) is 0 Å². The van der Waals surface area contributed by atoms with Crippen molar-refractivity contribution in [2.45, 2.75) is 19.5 Å². The third kappa shape index (κ3) is 3.65. The number of fused-ring (bicyclic) bond motifs is 1. The van der Waals surface area contributed by atoms with Crippen LogP contribution in [0.2, 0.25) is 0 Å². The molecule has 3 amide bonds. The molecule has 0 saturated heterocycles. The lowest BCUT2D eigenvalue weighted by Gasteiger charge is -2.14. The zero-order chi connectivity index (χ0) is 20.4. The highest BCUT2D eigenvalue weighted by atomic mass is 16.2. The monoisotopic (exact) mass is 385 g/mol. The molecule has 1 N–H and O–H groups in total. The first-order valence-corrected chi connectivity index (χ1v) is 9.29. The molecule has 2 heterocycles. The standard InChI is InChI=1S/C23H19N3O3/c1-15(17-7-3-2-4-8-17)25-21(27)18-9-10-19-20(12-18)23(29)26(22(19)28)14-16-6-5-11-24-13-16/h2-13,15H,14H2,1H3,(H,25,27)/t15-/m1/s1. The lowest BCUT2D eigenvalue weighted by Crippen LogP contribution is -2.29. The predicted molar refractivity (Wildman–Crippen MR) is 107 cm³/mol. The molecule has 0 radical (unpaired) electrons. The molecule has 1 atom stereocenters. The number of rotatable bonds is 5. The Hall–Kier alpha value is -3.80. The van der Waals surface area contributed by atoms with E-state index in [1.165, 1.54) is 11.0 Å². The van der Waals surface area contributed by atoms with E-state index in [0.29, 0.717) is 11.1 Å². The average molecular weight is 385 g/mol. The van der Waals surface area contributed by atoms with Crippen LogP contribution in [0.15, 0.2) is 73.1 Å². The minimum absolute atomic E-state index is 0.146. The SMILES string of the molecule is C[C@@H](NC(=O)c1ccc2c(c1)C(=O)N(Cc1cccnc1)C2=O)c1ccccc1. The zero-order valence-corrected chi connectivity index (χ0v) is 15.8. The minimum Gasteiger partial charge on any atom is -0.346 e. The smallest absolute Gasteiger partial charge is 0.261 e. The van der Waals surface area contributed by atoms with Crippen LogP contribution in [0.4, 0.5) is 0 Å². The molecule has 3 aromatic rings. The first-order valence-electron chi connectivity index (χ1n) is 9.29. The van der Waals surface area contributed by atoms with Crippen molar-refractivity contribution in [2.75, 3.05) is 0 Å². The summed E-state index contributed by atoms with van der Waals surface area (Å²) in [6.07, 6.45) is 3.25. The Labute approximate surface area is 168 Å². The topological polar surface area (TPSA) is 79.4 Å². The second kappa shape index (κ2) is 7.67. The Morgan fingerprint density at radius 2 is 1.76 bits per heavy atom. The van der Waals surface area contributed by atoms with Crippen LogP contribution in [-0.4, -0.2) is 27.6 Å². The van der Waals surface area contributed by atoms with Crippen molar-refractivity contribution in [1.29, 1.82) is 0 Å². The molecular weight excluding hydrogens is 366 g/mol. The summed E-state index contributed by atoms with van der Waals surface area (Å²) in [5, 5.41) is 2.92. The van der Waals surface area contributed by atoms with E-state index in [0.717, 1.165) is 11.1 Å². The van der Waals surface area contributed by atoms with Crippen LogP contribution < -0.4 is 5.32 Å². The molecule has 0 saturated carbocycles. The number of nitrogens with one attached hydrogen (secondary N) is 1. The molecule has 0 fully saturated rings. The predicted octanol–water partition coefficient (Wildman–Crippen LogP) is 3.37. The second-order valence-electron chi connectivity index (χ2n) is 6.92. The van der Waals surface area contributed by atoms with E-state index >= 15 is 0 Å². The Bertz CT molecular complexity index is 1080. The van der Waals surface area contributed by atoms with Gasteiger partial charge in [-0.15, -0.1) is 0 Å². The van der Waals surface area contributed by atoms with Crippen LogP contribution in [-0.2, 0) is 6.54 Å². The zero-order valence-electron chi connectivity index (χ0n) is 15.8. The summed E-state index contributed by atoms with van der Waals surface area (Å²) in [5.74, 6) is -1.06. The molecule has 0 unspecified atom stereocenters. The first-order chi connectivity index (χ1) is 14.0. The van der Waals surface area contributed by atoms with Crippen molar-refractivity contribution in [3.63, 3.8) is 0 Å². The van der Waals surface area contributed by atoms with Gasteiger partial charge in [-0.2, -0.15) is 0 Å². The van der Waals surface area contributed by atoms with E-state index in [4.69, 9.17) is 0 Å². The number of amides is 3. The number of carbonyl (C=O) groups excluding carboxylic acids is 3. The third-order valence-electron chi connectivity index (χ3n) is 4.94. The lowest BCUT2D eigenvalue weighted by molar-refractivity contribution is 0.0642. The Kier molecular flexibility index (Phi) is 4.91. The highest BCUT2D eigenvalue weighted by molar-refractivity contribution is 6.22. The molecule has 6 nitrogen and oxygen atoms in total. The maximum absolute atomic E-state index is 12.8. The van der Waals surface area contributed by atoms with Gasteiger partial charge in [0.25, 0.3) is 17.7 Å². The second-order valence-corrected chi connectivity index (χ2v) is 6.92. The van der Waals surface area contributed by atoms with Crippen molar-refractivity contribution in [1.82, 2.24) is 15.2 Å². The van der Waals surface area contributed by atoms with Gasteiger partial charge in [0.2, 0.25) is 0 Å². The van der Waals surface area contributed by atoms with Crippen molar-refractivity contribution < 1.29 is 14.4 Å².